The molecule has 0 radical (unpaired) electrons. The number of aliphatic imine (C=N–C) groups is 1. The number of halogens is 2. The van der Waals surface area contributed by atoms with Crippen LogP contribution in [0.4, 0.5) is 5.69 Å². The molecule has 0 N–H and O–H groups in total. The van der Waals surface area contributed by atoms with E-state index in [1.54, 1.807) is 23.1 Å². The summed E-state index contributed by atoms with van der Waals surface area (Å²) in [5.41, 5.74) is 0.604. The Morgan fingerprint density at radius 1 is 1.31 bits per heavy atom. The third-order valence-corrected chi connectivity index (χ3v) is 8.39. The lowest BCUT2D eigenvalue weighted by Crippen LogP contribution is -2.38. The minimum Gasteiger partial charge on any atom is -0.368 e. The van der Waals surface area contributed by atoms with Crippen LogP contribution in [-0.4, -0.2) is 55.0 Å². The number of hydrogen-bond acceptors (Lipinski definition) is 5. The van der Waals surface area contributed by atoms with Crippen LogP contribution in [0.25, 0.3) is 0 Å². The van der Waals surface area contributed by atoms with Crippen LogP contribution in [0.15, 0.2) is 23.2 Å². The summed E-state index contributed by atoms with van der Waals surface area (Å²) in [6.07, 6.45) is 0.975. The topological polar surface area (TPSA) is 76.0 Å². The van der Waals surface area contributed by atoms with E-state index in [1.165, 1.54) is 11.8 Å². The normalized spacial score (nSPS) is 31.5. The lowest BCUT2D eigenvalue weighted by atomic mass is 10.2. The van der Waals surface area contributed by atoms with Crippen molar-refractivity contribution in [2.45, 2.75) is 30.2 Å². The van der Waals surface area contributed by atoms with Crippen LogP contribution in [0, 0.1) is 0 Å². The van der Waals surface area contributed by atoms with Crippen molar-refractivity contribution in [3.8, 4) is 0 Å². The molecule has 3 fully saturated rings. The maximum absolute atomic E-state index is 12.4. The number of sulfone groups is 1. The fraction of sp³-hybridized carbons (Fsp3) is 0.500. The van der Waals surface area contributed by atoms with Crippen molar-refractivity contribution >= 4 is 61.6 Å². The molecule has 0 aromatic heterocycles. The van der Waals surface area contributed by atoms with Crippen LogP contribution in [0.3, 0.4) is 0 Å². The molecule has 10 heteroatoms. The van der Waals surface area contributed by atoms with Gasteiger partial charge in [-0.2, -0.15) is 4.99 Å². The molecule has 1 amide bonds. The van der Waals surface area contributed by atoms with Gasteiger partial charge in [0.2, 0.25) is 0 Å². The lowest BCUT2D eigenvalue weighted by Gasteiger charge is -2.25. The first-order chi connectivity index (χ1) is 12.3. The Bertz CT molecular complexity index is 884. The Labute approximate surface area is 165 Å². The van der Waals surface area contributed by atoms with Gasteiger partial charge in [-0.25, -0.2) is 8.42 Å². The zero-order valence-electron chi connectivity index (χ0n) is 13.6. The van der Waals surface area contributed by atoms with Gasteiger partial charge in [-0.3, -0.25) is 4.79 Å². The largest absolute Gasteiger partial charge is 0.368 e. The number of amidine groups is 1. The van der Waals surface area contributed by atoms with Gasteiger partial charge in [-0.1, -0.05) is 35.0 Å². The molecule has 0 saturated carbocycles. The number of amides is 1. The van der Waals surface area contributed by atoms with Gasteiger partial charge in [0, 0.05) is 16.9 Å². The van der Waals surface area contributed by atoms with E-state index in [0.29, 0.717) is 33.9 Å². The Balaban J connectivity index is 1.72. The highest BCUT2D eigenvalue weighted by Crippen LogP contribution is 2.43. The van der Waals surface area contributed by atoms with Crippen LogP contribution in [0.1, 0.15) is 12.8 Å². The predicted octanol–water partition coefficient (Wildman–Crippen LogP) is 2.77. The van der Waals surface area contributed by atoms with Gasteiger partial charge in [-0.15, -0.1) is 0 Å². The van der Waals surface area contributed by atoms with Gasteiger partial charge in [0.25, 0.3) is 5.91 Å². The maximum Gasteiger partial charge on any atom is 0.277 e. The molecule has 0 bridgehead atoms. The molecule has 3 aliphatic rings. The van der Waals surface area contributed by atoms with Gasteiger partial charge >= 0.3 is 0 Å². The highest BCUT2D eigenvalue weighted by molar-refractivity contribution is 8.16. The minimum absolute atomic E-state index is 0.0107. The van der Waals surface area contributed by atoms with Gasteiger partial charge in [-0.05, 0) is 31.0 Å². The molecule has 0 aliphatic carbocycles. The highest BCUT2D eigenvalue weighted by atomic mass is 35.5. The van der Waals surface area contributed by atoms with E-state index >= 15 is 0 Å². The molecule has 1 aromatic carbocycles. The number of hydrogen-bond donors (Lipinski definition) is 0. The van der Waals surface area contributed by atoms with Crippen molar-refractivity contribution in [3.63, 3.8) is 0 Å². The summed E-state index contributed by atoms with van der Waals surface area (Å²) >= 11 is 13.6. The predicted molar refractivity (Wildman–Crippen MR) is 104 cm³/mol. The molecular formula is C16H16Cl2N2O4S2. The number of rotatable bonds is 2. The zero-order chi connectivity index (χ0) is 18.5. The summed E-state index contributed by atoms with van der Waals surface area (Å²) in [5, 5.41) is 1.16. The summed E-state index contributed by atoms with van der Waals surface area (Å²) in [4.78, 5) is 18.5. The van der Waals surface area contributed by atoms with E-state index in [2.05, 4.69) is 4.99 Å². The van der Waals surface area contributed by atoms with Crippen molar-refractivity contribution in [1.82, 2.24) is 0 Å². The third kappa shape index (κ3) is 3.49. The first-order valence-electron chi connectivity index (χ1n) is 8.19. The molecule has 6 nitrogen and oxygen atoms in total. The molecule has 3 saturated heterocycles. The summed E-state index contributed by atoms with van der Waals surface area (Å²) < 4.78 is 29.6. The Kier molecular flexibility index (Phi) is 4.98. The molecular weight excluding hydrogens is 419 g/mol. The number of carbonyl (C=O) groups is 1. The van der Waals surface area contributed by atoms with Crippen LogP contribution < -0.4 is 4.90 Å². The van der Waals surface area contributed by atoms with Gasteiger partial charge in [0.05, 0.1) is 28.3 Å². The number of ether oxygens (including phenoxy) is 1. The number of benzene rings is 1. The fourth-order valence-corrected chi connectivity index (χ4v) is 7.87. The maximum atomic E-state index is 12.4. The van der Waals surface area contributed by atoms with Gasteiger partial charge < -0.3 is 9.64 Å². The second-order valence-corrected chi connectivity index (χ2v) is 10.7. The smallest absolute Gasteiger partial charge is 0.277 e. The van der Waals surface area contributed by atoms with E-state index < -0.39 is 15.9 Å². The standard InChI is InChI=1S/C16H16Cl2N2O4S2/c17-9-3-4-11(10(18)6-9)20-12-7-26(22,23)8-14(12)25-16(20)19-15(21)13-2-1-5-24-13/h3-4,6,12-14H,1-2,5,7-8H2/t12-,13-,14+/m0/s1. The number of fused-ring (bicyclic) bond motifs is 1. The number of nitrogens with zero attached hydrogens (tertiary/aromatic N) is 2. The molecule has 1 aromatic rings. The van der Waals surface area contributed by atoms with E-state index in [4.69, 9.17) is 27.9 Å². The Morgan fingerprint density at radius 2 is 2.12 bits per heavy atom. The molecule has 0 unspecified atom stereocenters. The Morgan fingerprint density at radius 3 is 2.81 bits per heavy atom. The average Bonchev–Trinajstić information content (AvgIpc) is 3.23. The monoisotopic (exact) mass is 434 g/mol. The first kappa shape index (κ1) is 18.6. The van der Waals surface area contributed by atoms with Gasteiger partial charge in [0.1, 0.15) is 6.10 Å². The van der Waals surface area contributed by atoms with Crippen LogP contribution >= 0.6 is 35.0 Å². The summed E-state index contributed by atoms with van der Waals surface area (Å²) in [5.74, 6) is -0.253. The summed E-state index contributed by atoms with van der Waals surface area (Å²) in [7, 11) is -3.13. The molecule has 3 heterocycles. The molecule has 3 atom stereocenters. The number of anilines is 1. The third-order valence-electron chi connectivity index (χ3n) is 4.65. The summed E-state index contributed by atoms with van der Waals surface area (Å²) in [6, 6.07) is 4.70. The molecule has 26 heavy (non-hydrogen) atoms. The minimum atomic E-state index is -3.13. The quantitative estimate of drug-likeness (QED) is 0.711. The lowest BCUT2D eigenvalue weighted by molar-refractivity contribution is -0.126. The van der Waals surface area contributed by atoms with E-state index in [9.17, 15) is 13.2 Å². The second kappa shape index (κ2) is 6.98. The summed E-state index contributed by atoms with van der Waals surface area (Å²) in [6.45, 7) is 0.560. The molecule has 0 spiro atoms. The number of carbonyl (C=O) groups excluding carboxylic acids is 1. The number of thioether (sulfide) groups is 1. The van der Waals surface area contributed by atoms with E-state index in [0.717, 1.165) is 6.42 Å². The average molecular weight is 435 g/mol. The molecule has 4 rings (SSSR count). The van der Waals surface area contributed by atoms with Crippen molar-refractivity contribution in [2.75, 3.05) is 23.0 Å². The van der Waals surface area contributed by atoms with Crippen molar-refractivity contribution < 1.29 is 17.9 Å². The van der Waals surface area contributed by atoms with E-state index in [1.807, 2.05) is 0 Å². The fourth-order valence-electron chi connectivity index (χ4n) is 3.46. The highest BCUT2D eigenvalue weighted by Gasteiger charge is 2.50. The van der Waals surface area contributed by atoms with Crippen LogP contribution in [-0.2, 0) is 19.4 Å². The van der Waals surface area contributed by atoms with Crippen LogP contribution in [0.5, 0.6) is 0 Å². The van der Waals surface area contributed by atoms with E-state index in [-0.39, 0.29) is 28.7 Å². The molecule has 3 aliphatic heterocycles. The van der Waals surface area contributed by atoms with Crippen LogP contribution in [0.2, 0.25) is 10.0 Å². The SMILES string of the molecule is O=C(N=C1S[C@@H]2CS(=O)(=O)C[C@@H]2N1c1ccc(Cl)cc1Cl)[C@@H]1CCCO1. The first-order valence-corrected chi connectivity index (χ1v) is 11.7. The molecule has 140 valence electrons. The second-order valence-electron chi connectivity index (χ2n) is 6.50. The van der Waals surface area contributed by atoms with Gasteiger partial charge in [0.15, 0.2) is 15.0 Å². The Hall–Kier alpha value is -0.800. The van der Waals surface area contributed by atoms with Crippen molar-refractivity contribution in [3.05, 3.63) is 28.2 Å². The zero-order valence-corrected chi connectivity index (χ0v) is 16.7. The van der Waals surface area contributed by atoms with Crippen molar-refractivity contribution in [1.29, 1.82) is 0 Å². The van der Waals surface area contributed by atoms with Crippen molar-refractivity contribution in [2.24, 2.45) is 4.99 Å².